The number of rotatable bonds is 7. The Morgan fingerprint density at radius 3 is 1.87 bits per heavy atom. The van der Waals surface area contributed by atoms with Crippen LogP contribution in [0.5, 0.6) is 0 Å². The first-order chi connectivity index (χ1) is 13.5. The van der Waals surface area contributed by atoms with Crippen molar-refractivity contribution in [3.05, 3.63) is 29.8 Å². The summed E-state index contributed by atoms with van der Waals surface area (Å²) in [6, 6.07) is 4.42. The first kappa shape index (κ1) is 25.3. The maximum absolute atomic E-state index is 14.5. The van der Waals surface area contributed by atoms with Gasteiger partial charge in [0.1, 0.15) is 17.2 Å². The molecule has 0 unspecified atom stereocenters. The molecule has 0 saturated carbocycles. The van der Waals surface area contributed by atoms with E-state index < -0.39 is 47.4 Å². The van der Waals surface area contributed by atoms with E-state index in [1.165, 1.54) is 32.9 Å². The van der Waals surface area contributed by atoms with Crippen LogP contribution in [0, 0.1) is 0 Å². The van der Waals surface area contributed by atoms with Crippen LogP contribution in [0.25, 0.3) is 0 Å². The molecular weight excluding hydrogens is 398 g/mol. The predicted octanol–water partition coefficient (Wildman–Crippen LogP) is 3.54. The van der Waals surface area contributed by atoms with Crippen LogP contribution < -0.4 is 10.6 Å². The molecule has 1 atom stereocenters. The Balaban J connectivity index is 3.07. The first-order valence-corrected chi connectivity index (χ1v) is 9.47. The van der Waals surface area contributed by atoms with Crippen molar-refractivity contribution in [2.24, 2.45) is 0 Å². The second-order valence-electron chi connectivity index (χ2n) is 8.80. The zero-order valence-electron chi connectivity index (χ0n) is 18.4. The zero-order valence-corrected chi connectivity index (χ0v) is 18.4. The van der Waals surface area contributed by atoms with Crippen LogP contribution in [-0.2, 0) is 19.1 Å². The number of carbonyl (C=O) groups excluding carboxylic acids is 3. The van der Waals surface area contributed by atoms with Crippen molar-refractivity contribution in [2.75, 3.05) is 12.4 Å². The summed E-state index contributed by atoms with van der Waals surface area (Å²) in [6.07, 6.45) is -1.29. The molecule has 1 aromatic rings. The van der Waals surface area contributed by atoms with Crippen LogP contribution in [0.15, 0.2) is 24.3 Å². The molecule has 9 heteroatoms. The third kappa shape index (κ3) is 8.34. The van der Waals surface area contributed by atoms with E-state index in [1.807, 2.05) is 0 Å². The number of halogens is 2. The molecule has 0 bridgehead atoms. The molecule has 1 aromatic carbocycles. The average Bonchev–Trinajstić information content (AvgIpc) is 2.58. The van der Waals surface area contributed by atoms with Gasteiger partial charge in [0, 0.05) is 18.3 Å². The topological polar surface area (TPSA) is 93.7 Å². The number of hydrogen-bond donors (Lipinski definition) is 2. The number of nitrogens with one attached hydrogen (secondary N) is 2. The number of carbonyl (C=O) groups is 3. The van der Waals surface area contributed by atoms with E-state index in [0.717, 1.165) is 5.69 Å². The summed E-state index contributed by atoms with van der Waals surface area (Å²) in [5.41, 5.74) is -1.22. The molecule has 0 aliphatic rings. The minimum absolute atomic E-state index is 0.156. The van der Waals surface area contributed by atoms with Crippen LogP contribution in [0.4, 0.5) is 14.5 Å². The number of ether oxygens (including phenoxy) is 2. The van der Waals surface area contributed by atoms with Crippen LogP contribution in [0.1, 0.15) is 58.3 Å². The molecule has 2 N–H and O–H groups in total. The largest absolute Gasteiger partial charge is 0.458 e. The summed E-state index contributed by atoms with van der Waals surface area (Å²) in [4.78, 5) is 36.9. The molecule has 0 heterocycles. The van der Waals surface area contributed by atoms with Gasteiger partial charge >= 0.3 is 17.9 Å². The Morgan fingerprint density at radius 1 is 0.933 bits per heavy atom. The number of alkyl halides is 2. The van der Waals surface area contributed by atoms with E-state index in [4.69, 9.17) is 9.47 Å². The van der Waals surface area contributed by atoms with Gasteiger partial charge in [-0.3, -0.25) is 4.79 Å². The third-order valence-corrected chi connectivity index (χ3v) is 3.59. The van der Waals surface area contributed by atoms with Crippen molar-refractivity contribution in [1.29, 1.82) is 0 Å². The van der Waals surface area contributed by atoms with E-state index in [-0.39, 0.29) is 5.56 Å². The van der Waals surface area contributed by atoms with E-state index in [1.54, 1.807) is 40.0 Å². The number of anilines is 1. The normalized spacial score (nSPS) is 13.2. The van der Waals surface area contributed by atoms with Gasteiger partial charge in [-0.15, -0.1) is 0 Å². The highest BCUT2D eigenvalue weighted by Crippen LogP contribution is 2.26. The minimum atomic E-state index is -4.02. The van der Waals surface area contributed by atoms with Gasteiger partial charge in [0.15, 0.2) is 0 Å². The summed E-state index contributed by atoms with van der Waals surface area (Å²) in [6.45, 7) is 9.03. The van der Waals surface area contributed by atoms with E-state index in [0.29, 0.717) is 0 Å². The van der Waals surface area contributed by atoms with Crippen LogP contribution in [0.3, 0.4) is 0 Å². The Bertz CT molecular complexity index is 765. The van der Waals surface area contributed by atoms with Crippen molar-refractivity contribution in [3.8, 4) is 0 Å². The molecule has 1 rings (SSSR count). The number of benzene rings is 1. The lowest BCUT2D eigenvalue weighted by atomic mass is 10.1. The lowest BCUT2D eigenvalue weighted by Crippen LogP contribution is -2.49. The fourth-order valence-corrected chi connectivity index (χ4v) is 2.29. The van der Waals surface area contributed by atoms with Gasteiger partial charge in [-0.05, 0) is 65.8 Å². The Hall–Kier alpha value is -2.71. The Morgan fingerprint density at radius 2 is 1.43 bits per heavy atom. The molecule has 7 nitrogen and oxygen atoms in total. The SMILES string of the molecule is CNc1ccc(C(=O)N[C@@H](CC(F)(F)C(=O)OC(C)(C)C)C(=O)OC(C)(C)C)cc1. The summed E-state index contributed by atoms with van der Waals surface area (Å²) < 4.78 is 38.9. The van der Waals surface area contributed by atoms with Gasteiger partial charge in [-0.25, -0.2) is 9.59 Å². The third-order valence-electron chi connectivity index (χ3n) is 3.59. The highest BCUT2D eigenvalue weighted by Gasteiger charge is 2.47. The molecule has 0 fully saturated rings. The fraction of sp³-hybridized carbons (Fsp3) is 0.571. The quantitative estimate of drug-likeness (QED) is 0.646. The second-order valence-corrected chi connectivity index (χ2v) is 8.80. The maximum Gasteiger partial charge on any atom is 0.377 e. The van der Waals surface area contributed by atoms with Crippen LogP contribution in [0.2, 0.25) is 0 Å². The van der Waals surface area contributed by atoms with Gasteiger partial charge in [0.05, 0.1) is 6.42 Å². The Labute approximate surface area is 175 Å². The molecule has 1 amide bonds. The summed E-state index contributed by atoms with van der Waals surface area (Å²) >= 11 is 0. The average molecular weight is 428 g/mol. The van der Waals surface area contributed by atoms with Crippen molar-refractivity contribution < 1.29 is 32.6 Å². The highest BCUT2D eigenvalue weighted by molar-refractivity contribution is 5.97. The van der Waals surface area contributed by atoms with E-state index in [9.17, 15) is 23.2 Å². The summed E-state index contributed by atoms with van der Waals surface area (Å²) in [5, 5.41) is 5.13. The van der Waals surface area contributed by atoms with Crippen molar-refractivity contribution >= 4 is 23.5 Å². The fourth-order valence-electron chi connectivity index (χ4n) is 2.29. The van der Waals surface area contributed by atoms with E-state index in [2.05, 4.69) is 10.6 Å². The number of amides is 1. The van der Waals surface area contributed by atoms with Crippen molar-refractivity contribution in [2.45, 2.75) is 71.1 Å². The van der Waals surface area contributed by atoms with Gasteiger partial charge in [-0.2, -0.15) is 8.78 Å². The van der Waals surface area contributed by atoms with Gasteiger partial charge in [0.2, 0.25) is 0 Å². The molecule has 30 heavy (non-hydrogen) atoms. The number of esters is 2. The molecule has 0 aliphatic carbocycles. The van der Waals surface area contributed by atoms with Crippen LogP contribution >= 0.6 is 0 Å². The molecular formula is C21H30F2N2O5. The van der Waals surface area contributed by atoms with E-state index >= 15 is 0 Å². The van der Waals surface area contributed by atoms with Gasteiger partial charge in [0.25, 0.3) is 5.91 Å². The molecule has 0 aromatic heterocycles. The molecule has 0 saturated heterocycles. The monoisotopic (exact) mass is 428 g/mol. The zero-order chi connectivity index (χ0) is 23.3. The maximum atomic E-state index is 14.5. The van der Waals surface area contributed by atoms with Crippen molar-refractivity contribution in [3.63, 3.8) is 0 Å². The summed E-state index contributed by atoms with van der Waals surface area (Å²) in [5.74, 6) is -7.63. The first-order valence-electron chi connectivity index (χ1n) is 9.47. The predicted molar refractivity (Wildman–Crippen MR) is 108 cm³/mol. The summed E-state index contributed by atoms with van der Waals surface area (Å²) in [7, 11) is 1.70. The lowest BCUT2D eigenvalue weighted by molar-refractivity contribution is -0.186. The molecule has 168 valence electrons. The van der Waals surface area contributed by atoms with Crippen molar-refractivity contribution in [1.82, 2.24) is 5.32 Å². The molecule has 0 spiro atoms. The van der Waals surface area contributed by atoms with Gasteiger partial charge in [-0.1, -0.05) is 0 Å². The molecule has 0 radical (unpaired) electrons. The second kappa shape index (κ2) is 9.40. The molecule has 0 aliphatic heterocycles. The lowest BCUT2D eigenvalue weighted by Gasteiger charge is -2.28. The van der Waals surface area contributed by atoms with Gasteiger partial charge < -0.3 is 20.1 Å². The minimum Gasteiger partial charge on any atom is -0.458 e. The van der Waals surface area contributed by atoms with Crippen LogP contribution in [-0.4, -0.2) is 48.1 Å². The smallest absolute Gasteiger partial charge is 0.377 e. The number of hydrogen-bond acceptors (Lipinski definition) is 6. The highest BCUT2D eigenvalue weighted by atomic mass is 19.3. The Kier molecular flexibility index (Phi) is 7.94. The standard InChI is InChI=1S/C21H30F2N2O5/c1-19(2,3)29-17(27)15(12-21(22,23)18(28)30-20(4,5)6)25-16(26)13-8-10-14(24-7)11-9-13/h8-11,15,24H,12H2,1-7H3,(H,25,26)/t15-/m0/s1.